The fourth-order valence-corrected chi connectivity index (χ4v) is 10.9. The smallest absolute Gasteiger partial charge is 0.116 e. The van der Waals surface area contributed by atoms with Gasteiger partial charge in [0, 0.05) is 9.75 Å². The predicted molar refractivity (Wildman–Crippen MR) is 93.8 cm³/mol. The van der Waals surface area contributed by atoms with Crippen LogP contribution in [0.2, 0.25) is 13.1 Å². The average molecular weight is 315 g/mol. The van der Waals surface area contributed by atoms with Crippen LogP contribution >= 0.6 is 22.7 Å². The first-order valence-corrected chi connectivity index (χ1v) is 12.0. The third kappa shape index (κ3) is 1.70. The number of hydrogen-bond acceptors (Lipinski definition) is 2. The van der Waals surface area contributed by atoms with Crippen molar-refractivity contribution < 1.29 is 0 Å². The number of fused-ring (bicyclic) bond motifs is 1. The molecule has 0 spiro atoms. The van der Waals surface area contributed by atoms with E-state index < -0.39 is 8.07 Å². The Balaban J connectivity index is 1.95. The van der Waals surface area contributed by atoms with Crippen molar-refractivity contribution in [3.8, 4) is 0 Å². The molecule has 1 aliphatic carbocycles. The Kier molecular flexibility index (Phi) is 2.91. The van der Waals surface area contributed by atoms with Crippen LogP contribution in [0.3, 0.4) is 0 Å². The minimum atomic E-state index is -1.52. The molecule has 2 aliphatic rings. The molecule has 2 aromatic rings. The molecule has 3 heteroatoms. The maximum absolute atomic E-state index is 2.55. The second-order valence-corrected chi connectivity index (χ2v) is 12.3. The van der Waals surface area contributed by atoms with Crippen LogP contribution in [-0.4, -0.2) is 8.07 Å². The van der Waals surface area contributed by atoms with Crippen LogP contribution in [0, 0.1) is 0 Å². The van der Waals surface area contributed by atoms with Crippen LogP contribution < -0.4 is 0 Å². The Labute approximate surface area is 129 Å². The van der Waals surface area contributed by atoms with Crippen LogP contribution in [0.25, 0.3) is 10.4 Å². The van der Waals surface area contributed by atoms with E-state index in [1.807, 2.05) is 22.7 Å². The summed E-state index contributed by atoms with van der Waals surface area (Å²) in [5.41, 5.74) is 3.43. The van der Waals surface area contributed by atoms with Gasteiger partial charge in [0.1, 0.15) is 8.07 Å². The molecule has 1 aliphatic heterocycles. The summed E-state index contributed by atoms with van der Waals surface area (Å²) < 4.78 is 0. The second kappa shape index (κ2) is 4.55. The Morgan fingerprint density at radius 3 is 1.75 bits per heavy atom. The summed E-state index contributed by atoms with van der Waals surface area (Å²) in [7, 11) is -1.52. The van der Waals surface area contributed by atoms with E-state index in [1.165, 1.54) is 29.0 Å². The minimum absolute atomic E-state index is 1.30. The van der Waals surface area contributed by atoms with Crippen molar-refractivity contribution in [2.24, 2.45) is 0 Å². The molecule has 3 heterocycles. The standard InChI is InChI=1S/C17H18S2Si/c1-20(2)16(14-8-4-10-18-14)12-6-3-7-13(12)17(20)15-9-5-11-19-15/h4-5,8-11H,3,6-7H2,1-2H3. The zero-order valence-corrected chi connectivity index (χ0v) is 14.5. The summed E-state index contributed by atoms with van der Waals surface area (Å²) in [6.07, 6.45) is 3.95. The molecule has 4 rings (SSSR count). The molecule has 102 valence electrons. The zero-order valence-electron chi connectivity index (χ0n) is 11.9. The van der Waals surface area contributed by atoms with Gasteiger partial charge in [0.15, 0.2) is 0 Å². The number of thiophene rings is 2. The van der Waals surface area contributed by atoms with Crippen LogP contribution in [-0.2, 0) is 0 Å². The second-order valence-electron chi connectivity index (χ2n) is 6.14. The van der Waals surface area contributed by atoms with E-state index in [2.05, 4.69) is 48.1 Å². The summed E-state index contributed by atoms with van der Waals surface area (Å²) in [4.78, 5) is 3.06. The zero-order chi connectivity index (χ0) is 13.7. The van der Waals surface area contributed by atoms with Gasteiger partial charge in [0.05, 0.1) is 0 Å². The predicted octanol–water partition coefficient (Wildman–Crippen LogP) is 6.00. The molecule has 0 aromatic carbocycles. The Morgan fingerprint density at radius 1 is 0.850 bits per heavy atom. The van der Waals surface area contributed by atoms with E-state index >= 15 is 0 Å². The van der Waals surface area contributed by atoms with Gasteiger partial charge in [-0.15, -0.1) is 22.7 Å². The summed E-state index contributed by atoms with van der Waals surface area (Å²) in [5.74, 6) is 0. The Bertz CT molecular complexity index is 640. The monoisotopic (exact) mass is 314 g/mol. The molecule has 0 saturated heterocycles. The van der Waals surface area contributed by atoms with Gasteiger partial charge in [-0.25, -0.2) is 0 Å². The molecule has 0 bridgehead atoms. The Morgan fingerprint density at radius 2 is 1.35 bits per heavy atom. The number of rotatable bonds is 2. The van der Waals surface area contributed by atoms with E-state index in [9.17, 15) is 0 Å². The molecule has 0 radical (unpaired) electrons. The first kappa shape index (κ1) is 12.8. The lowest BCUT2D eigenvalue weighted by molar-refractivity contribution is 0.933. The summed E-state index contributed by atoms with van der Waals surface area (Å²) in [5, 5.41) is 7.93. The van der Waals surface area contributed by atoms with Crippen LogP contribution in [0.15, 0.2) is 46.2 Å². The van der Waals surface area contributed by atoms with Crippen LogP contribution in [0.4, 0.5) is 0 Å². The van der Waals surface area contributed by atoms with E-state index in [1.54, 1.807) is 21.5 Å². The highest BCUT2D eigenvalue weighted by Gasteiger charge is 2.44. The molecule has 0 nitrogen and oxygen atoms in total. The average Bonchev–Trinajstić information content (AvgIpc) is 3.11. The van der Waals surface area contributed by atoms with E-state index in [-0.39, 0.29) is 0 Å². The van der Waals surface area contributed by atoms with Gasteiger partial charge in [-0.1, -0.05) is 25.2 Å². The van der Waals surface area contributed by atoms with Gasteiger partial charge < -0.3 is 0 Å². The molecular weight excluding hydrogens is 296 g/mol. The summed E-state index contributed by atoms with van der Waals surface area (Å²) >= 11 is 3.85. The van der Waals surface area contributed by atoms with Gasteiger partial charge in [-0.2, -0.15) is 0 Å². The lowest BCUT2D eigenvalue weighted by atomic mass is 10.1. The maximum atomic E-state index is 2.55. The van der Waals surface area contributed by atoms with Crippen molar-refractivity contribution >= 4 is 41.1 Å². The number of allylic oxidation sites excluding steroid dienone is 2. The molecule has 1 saturated carbocycles. The first-order chi connectivity index (χ1) is 9.69. The molecular formula is C17H18S2Si. The first-order valence-electron chi connectivity index (χ1n) is 7.25. The lowest BCUT2D eigenvalue weighted by Crippen LogP contribution is -2.28. The molecule has 2 aromatic heterocycles. The van der Waals surface area contributed by atoms with Gasteiger partial charge in [0.2, 0.25) is 0 Å². The van der Waals surface area contributed by atoms with Crippen molar-refractivity contribution in [2.45, 2.75) is 32.4 Å². The minimum Gasteiger partial charge on any atom is -0.145 e. The quantitative estimate of drug-likeness (QED) is 0.596. The van der Waals surface area contributed by atoms with Crippen molar-refractivity contribution in [3.05, 3.63) is 55.9 Å². The van der Waals surface area contributed by atoms with E-state index in [4.69, 9.17) is 0 Å². The van der Waals surface area contributed by atoms with Crippen molar-refractivity contribution in [2.75, 3.05) is 0 Å². The third-order valence-corrected chi connectivity index (χ3v) is 10.4. The highest BCUT2D eigenvalue weighted by Crippen LogP contribution is 2.55. The molecule has 0 amide bonds. The van der Waals surface area contributed by atoms with Crippen LogP contribution in [0.1, 0.15) is 29.0 Å². The van der Waals surface area contributed by atoms with Crippen molar-refractivity contribution in [3.63, 3.8) is 0 Å². The SMILES string of the molecule is C[Si]1(C)C(c2cccs2)=C2CCCC2=C1c1cccs1. The highest BCUT2D eigenvalue weighted by atomic mass is 32.1. The molecule has 20 heavy (non-hydrogen) atoms. The van der Waals surface area contributed by atoms with Gasteiger partial charge in [0.25, 0.3) is 0 Å². The largest absolute Gasteiger partial charge is 0.145 e. The topological polar surface area (TPSA) is 0 Å². The maximum Gasteiger partial charge on any atom is 0.116 e. The molecule has 0 N–H and O–H groups in total. The van der Waals surface area contributed by atoms with Gasteiger partial charge >= 0.3 is 0 Å². The van der Waals surface area contributed by atoms with Gasteiger partial charge in [-0.05, 0) is 63.7 Å². The fraction of sp³-hybridized carbons (Fsp3) is 0.294. The lowest BCUT2D eigenvalue weighted by Gasteiger charge is -2.25. The molecule has 1 fully saturated rings. The highest BCUT2D eigenvalue weighted by molar-refractivity contribution is 7.21. The van der Waals surface area contributed by atoms with E-state index in [0.717, 1.165) is 0 Å². The summed E-state index contributed by atoms with van der Waals surface area (Å²) in [6.45, 7) is 5.10. The van der Waals surface area contributed by atoms with Crippen molar-refractivity contribution in [1.82, 2.24) is 0 Å². The number of hydrogen-bond donors (Lipinski definition) is 0. The van der Waals surface area contributed by atoms with Crippen LogP contribution in [0.5, 0.6) is 0 Å². The molecule has 0 unspecified atom stereocenters. The van der Waals surface area contributed by atoms with Gasteiger partial charge in [-0.3, -0.25) is 0 Å². The summed E-state index contributed by atoms with van der Waals surface area (Å²) in [6, 6.07) is 9.07. The van der Waals surface area contributed by atoms with Crippen molar-refractivity contribution in [1.29, 1.82) is 0 Å². The van der Waals surface area contributed by atoms with E-state index in [0.29, 0.717) is 0 Å². The Hall–Kier alpha value is -0.903. The normalized spacial score (nSPS) is 20.9. The third-order valence-electron chi connectivity index (χ3n) is 4.61. The molecule has 0 atom stereocenters. The fourth-order valence-electron chi connectivity index (χ4n) is 3.93.